The minimum absolute atomic E-state index is 0.145. The van der Waals surface area contributed by atoms with Crippen LogP contribution in [0.5, 0.6) is 0 Å². The third kappa shape index (κ3) is 7.03. The monoisotopic (exact) mass is 383 g/mol. The first-order valence-electron chi connectivity index (χ1n) is 8.92. The Bertz CT molecular complexity index is 687. The van der Waals surface area contributed by atoms with E-state index in [4.69, 9.17) is 4.74 Å². The van der Waals surface area contributed by atoms with Crippen LogP contribution in [0.1, 0.15) is 17.5 Å². The fourth-order valence-corrected chi connectivity index (χ4v) is 3.67. The molecule has 1 amide bonds. The van der Waals surface area contributed by atoms with Crippen molar-refractivity contribution >= 4 is 15.9 Å². The Hall–Kier alpha value is -1.48. The summed E-state index contributed by atoms with van der Waals surface area (Å²) in [5, 5.41) is 2.86. The normalized spacial score (nSPS) is 16.0. The van der Waals surface area contributed by atoms with Gasteiger partial charge in [-0.2, -0.15) is 0 Å². The average Bonchev–Trinajstić information content (AvgIpc) is 2.60. The highest BCUT2D eigenvalue weighted by molar-refractivity contribution is 7.88. The van der Waals surface area contributed by atoms with E-state index in [9.17, 15) is 13.2 Å². The van der Waals surface area contributed by atoms with E-state index in [1.165, 1.54) is 10.6 Å². The number of nitrogens with zero attached hydrogens (tertiary/aromatic N) is 2. The van der Waals surface area contributed by atoms with Crippen molar-refractivity contribution in [2.75, 3.05) is 52.2 Å². The molecule has 0 aromatic heterocycles. The Balaban J connectivity index is 1.78. The molecule has 1 aliphatic heterocycles. The van der Waals surface area contributed by atoms with Gasteiger partial charge in [0.2, 0.25) is 15.9 Å². The molecule has 0 radical (unpaired) electrons. The van der Waals surface area contributed by atoms with Crippen molar-refractivity contribution < 1.29 is 17.9 Å². The Kier molecular flexibility index (Phi) is 8.02. The maximum Gasteiger partial charge on any atom is 0.221 e. The van der Waals surface area contributed by atoms with Crippen LogP contribution in [-0.2, 0) is 26.1 Å². The van der Waals surface area contributed by atoms with Crippen LogP contribution in [0.15, 0.2) is 24.3 Å². The van der Waals surface area contributed by atoms with Gasteiger partial charge in [0.15, 0.2) is 0 Å². The van der Waals surface area contributed by atoms with E-state index in [1.54, 1.807) is 0 Å². The molecule has 1 N–H and O–H groups in total. The minimum Gasteiger partial charge on any atom is -0.379 e. The van der Waals surface area contributed by atoms with Crippen molar-refractivity contribution in [3.63, 3.8) is 0 Å². The topological polar surface area (TPSA) is 79.0 Å². The zero-order valence-electron chi connectivity index (χ0n) is 15.6. The summed E-state index contributed by atoms with van der Waals surface area (Å²) in [6.45, 7) is 6.69. The molecule has 0 unspecified atom stereocenters. The van der Waals surface area contributed by atoms with Crippen molar-refractivity contribution in [3.05, 3.63) is 35.4 Å². The molecule has 1 saturated heterocycles. The first kappa shape index (κ1) is 20.8. The lowest BCUT2D eigenvalue weighted by molar-refractivity contribution is -0.121. The number of ether oxygens (including phenoxy) is 1. The summed E-state index contributed by atoms with van der Waals surface area (Å²) >= 11 is 0. The quantitative estimate of drug-likeness (QED) is 0.675. The molecule has 1 aliphatic rings. The van der Waals surface area contributed by atoms with Crippen molar-refractivity contribution in [2.24, 2.45) is 0 Å². The van der Waals surface area contributed by atoms with Gasteiger partial charge in [-0.15, -0.1) is 0 Å². The summed E-state index contributed by atoms with van der Waals surface area (Å²) in [6.07, 6.45) is 1.35. The number of morpholine rings is 1. The van der Waals surface area contributed by atoms with Gasteiger partial charge < -0.3 is 10.1 Å². The van der Waals surface area contributed by atoms with Crippen molar-refractivity contribution in [1.82, 2.24) is 14.5 Å². The molecule has 0 spiro atoms. The highest BCUT2D eigenvalue weighted by Crippen LogP contribution is 2.07. The molecule has 146 valence electrons. The van der Waals surface area contributed by atoms with E-state index < -0.39 is 10.0 Å². The van der Waals surface area contributed by atoms with Crippen LogP contribution in [0.3, 0.4) is 0 Å². The maximum absolute atomic E-state index is 12.1. The maximum atomic E-state index is 12.1. The van der Waals surface area contributed by atoms with Crippen LogP contribution in [0.25, 0.3) is 0 Å². The Morgan fingerprint density at radius 3 is 2.58 bits per heavy atom. The van der Waals surface area contributed by atoms with E-state index in [2.05, 4.69) is 10.2 Å². The first-order chi connectivity index (χ1) is 12.4. The lowest BCUT2D eigenvalue weighted by Crippen LogP contribution is -2.43. The van der Waals surface area contributed by atoms with Crippen LogP contribution >= 0.6 is 0 Å². The number of sulfonamides is 1. The van der Waals surface area contributed by atoms with Crippen LogP contribution in [0.4, 0.5) is 0 Å². The number of carbonyl (C=O) groups excluding carboxylic acids is 1. The molecular weight excluding hydrogens is 354 g/mol. The van der Waals surface area contributed by atoms with Gasteiger partial charge in [0.25, 0.3) is 0 Å². The van der Waals surface area contributed by atoms with Crippen LogP contribution in [0.2, 0.25) is 0 Å². The predicted octanol–water partition coefficient (Wildman–Crippen LogP) is 0.595. The molecule has 7 nitrogen and oxygen atoms in total. The van der Waals surface area contributed by atoms with Gasteiger partial charge in [-0.3, -0.25) is 9.69 Å². The van der Waals surface area contributed by atoms with Crippen LogP contribution in [-0.4, -0.2) is 75.7 Å². The molecule has 2 rings (SSSR count). The molecule has 1 aromatic carbocycles. The zero-order chi connectivity index (χ0) is 19.0. The highest BCUT2D eigenvalue weighted by atomic mass is 32.2. The van der Waals surface area contributed by atoms with E-state index in [0.29, 0.717) is 32.8 Å². The lowest BCUT2D eigenvalue weighted by atomic mass is 10.1. The Morgan fingerprint density at radius 2 is 1.92 bits per heavy atom. The van der Waals surface area contributed by atoms with Gasteiger partial charge in [-0.05, 0) is 18.1 Å². The van der Waals surface area contributed by atoms with Gasteiger partial charge in [-0.1, -0.05) is 24.3 Å². The molecular formula is C18H29N3O4S. The van der Waals surface area contributed by atoms with Gasteiger partial charge in [0, 0.05) is 45.7 Å². The largest absolute Gasteiger partial charge is 0.379 e. The highest BCUT2D eigenvalue weighted by Gasteiger charge is 2.20. The molecule has 1 heterocycles. The first-order valence-corrected chi connectivity index (χ1v) is 10.8. The summed E-state index contributed by atoms with van der Waals surface area (Å²) < 4.78 is 30.7. The van der Waals surface area contributed by atoms with Gasteiger partial charge in [-0.25, -0.2) is 12.7 Å². The van der Waals surface area contributed by atoms with Gasteiger partial charge >= 0.3 is 0 Å². The molecule has 0 saturated carbocycles. The second-order valence-corrected chi connectivity index (χ2v) is 8.55. The van der Waals surface area contributed by atoms with E-state index in [0.717, 1.165) is 24.2 Å². The molecule has 26 heavy (non-hydrogen) atoms. The molecule has 0 aliphatic carbocycles. The van der Waals surface area contributed by atoms with Crippen molar-refractivity contribution in [3.8, 4) is 0 Å². The summed E-state index contributed by atoms with van der Waals surface area (Å²) in [7, 11) is -3.34. The summed E-state index contributed by atoms with van der Waals surface area (Å²) in [4.78, 5) is 14.3. The SMILES string of the molecule is Cc1ccccc1CNC(=O)CCN(CCN1CCOCC1)S(C)(=O)=O. The number of hydrogen-bond acceptors (Lipinski definition) is 5. The Labute approximate surface area is 156 Å². The van der Waals surface area contributed by atoms with Gasteiger partial charge in [0.1, 0.15) is 0 Å². The smallest absolute Gasteiger partial charge is 0.221 e. The fraction of sp³-hybridized carbons (Fsp3) is 0.611. The number of rotatable bonds is 9. The lowest BCUT2D eigenvalue weighted by Gasteiger charge is -2.29. The summed E-state index contributed by atoms with van der Waals surface area (Å²) in [6, 6.07) is 7.86. The fourth-order valence-electron chi connectivity index (χ4n) is 2.84. The van der Waals surface area contributed by atoms with Crippen molar-refractivity contribution in [1.29, 1.82) is 0 Å². The Morgan fingerprint density at radius 1 is 1.23 bits per heavy atom. The van der Waals surface area contributed by atoms with E-state index in [-0.39, 0.29) is 18.9 Å². The average molecular weight is 384 g/mol. The molecule has 1 aromatic rings. The third-order valence-corrected chi connectivity index (χ3v) is 5.87. The number of carbonyl (C=O) groups is 1. The van der Waals surface area contributed by atoms with Crippen LogP contribution < -0.4 is 5.32 Å². The standard InChI is InChI=1S/C18H29N3O4S/c1-16-5-3-4-6-17(16)15-19-18(22)7-8-21(26(2,23)24)10-9-20-11-13-25-14-12-20/h3-6H,7-15H2,1-2H3,(H,19,22). The number of aryl methyl sites for hydroxylation is 1. The molecule has 0 atom stereocenters. The van der Waals surface area contributed by atoms with Crippen molar-refractivity contribution in [2.45, 2.75) is 19.9 Å². The summed E-state index contributed by atoms with van der Waals surface area (Å²) in [5.74, 6) is -0.145. The minimum atomic E-state index is -3.34. The number of hydrogen-bond donors (Lipinski definition) is 1. The number of nitrogens with one attached hydrogen (secondary N) is 1. The van der Waals surface area contributed by atoms with Gasteiger partial charge in [0.05, 0.1) is 19.5 Å². The number of benzene rings is 1. The third-order valence-electron chi connectivity index (χ3n) is 4.56. The second-order valence-electron chi connectivity index (χ2n) is 6.57. The zero-order valence-corrected chi connectivity index (χ0v) is 16.4. The molecule has 1 fully saturated rings. The molecule has 0 bridgehead atoms. The summed E-state index contributed by atoms with van der Waals surface area (Å²) in [5.41, 5.74) is 2.18. The predicted molar refractivity (Wildman–Crippen MR) is 101 cm³/mol. The number of amides is 1. The van der Waals surface area contributed by atoms with E-state index in [1.807, 2.05) is 31.2 Å². The second kappa shape index (κ2) is 10.0. The molecule has 8 heteroatoms. The van der Waals surface area contributed by atoms with Crippen LogP contribution in [0, 0.1) is 6.92 Å². The van der Waals surface area contributed by atoms with E-state index >= 15 is 0 Å².